The van der Waals surface area contributed by atoms with Crippen LogP contribution >= 0.6 is 0 Å². The molecule has 0 bridgehead atoms. The summed E-state index contributed by atoms with van der Waals surface area (Å²) >= 11 is 0. The quantitative estimate of drug-likeness (QED) is 0.630. The average molecular weight is 229 g/mol. The first kappa shape index (κ1) is 14.7. The molecule has 0 spiro atoms. The maximum Gasteiger partial charge on any atom is 0.312 e. The number of carbonyl (C=O) groups excluding carboxylic acids is 2. The van der Waals surface area contributed by atoms with Crippen molar-refractivity contribution in [3.63, 3.8) is 0 Å². The highest BCUT2D eigenvalue weighted by molar-refractivity contribution is 5.86. The van der Waals surface area contributed by atoms with E-state index in [4.69, 9.17) is 5.73 Å². The van der Waals surface area contributed by atoms with Gasteiger partial charge in [0.25, 0.3) is 0 Å². The van der Waals surface area contributed by atoms with E-state index in [1.54, 1.807) is 0 Å². The van der Waals surface area contributed by atoms with Crippen LogP contribution in [-0.2, 0) is 4.79 Å². The van der Waals surface area contributed by atoms with E-state index in [0.717, 1.165) is 6.42 Å². The molecular formula is C11H23N3O2. The SMILES string of the molecule is CC[C@H](C)[C@@H](NC(N)=O)C(=O)NCC(C)C. The van der Waals surface area contributed by atoms with E-state index in [9.17, 15) is 9.59 Å². The molecule has 5 heteroatoms. The van der Waals surface area contributed by atoms with Gasteiger partial charge in [-0.25, -0.2) is 4.79 Å². The topological polar surface area (TPSA) is 84.2 Å². The van der Waals surface area contributed by atoms with Gasteiger partial charge in [-0.2, -0.15) is 0 Å². The molecule has 0 aliphatic rings. The Bertz CT molecular complexity index is 241. The van der Waals surface area contributed by atoms with Gasteiger partial charge in [-0.1, -0.05) is 34.1 Å². The van der Waals surface area contributed by atoms with Crippen LogP contribution in [0.25, 0.3) is 0 Å². The number of hydrogen-bond acceptors (Lipinski definition) is 2. The summed E-state index contributed by atoms with van der Waals surface area (Å²) < 4.78 is 0. The van der Waals surface area contributed by atoms with E-state index in [0.29, 0.717) is 12.5 Å². The lowest BCUT2D eigenvalue weighted by atomic mass is 9.98. The van der Waals surface area contributed by atoms with Crippen molar-refractivity contribution in [1.82, 2.24) is 10.6 Å². The smallest absolute Gasteiger partial charge is 0.312 e. The lowest BCUT2D eigenvalue weighted by Gasteiger charge is -2.23. The van der Waals surface area contributed by atoms with Crippen molar-refractivity contribution in [1.29, 1.82) is 0 Å². The van der Waals surface area contributed by atoms with Crippen molar-refractivity contribution in [2.75, 3.05) is 6.54 Å². The molecule has 94 valence electrons. The minimum Gasteiger partial charge on any atom is -0.354 e. The minimum absolute atomic E-state index is 0.0691. The molecule has 0 radical (unpaired) electrons. The molecule has 0 rings (SSSR count). The number of hydrogen-bond donors (Lipinski definition) is 3. The lowest BCUT2D eigenvalue weighted by molar-refractivity contribution is -0.124. The number of urea groups is 1. The molecule has 0 aromatic carbocycles. The first-order valence-electron chi connectivity index (χ1n) is 5.72. The maximum atomic E-state index is 11.8. The zero-order chi connectivity index (χ0) is 12.7. The Kier molecular flexibility index (Phi) is 6.53. The Morgan fingerprint density at radius 3 is 2.19 bits per heavy atom. The lowest BCUT2D eigenvalue weighted by Crippen LogP contribution is -2.52. The molecule has 0 aromatic rings. The summed E-state index contributed by atoms with van der Waals surface area (Å²) in [6.45, 7) is 8.51. The highest BCUT2D eigenvalue weighted by atomic mass is 16.2. The van der Waals surface area contributed by atoms with Crippen LogP contribution in [0.15, 0.2) is 0 Å². The summed E-state index contributed by atoms with van der Waals surface area (Å²) in [6, 6.07) is -1.20. The molecule has 5 nitrogen and oxygen atoms in total. The summed E-state index contributed by atoms with van der Waals surface area (Å²) in [5.41, 5.74) is 5.05. The molecule has 0 heterocycles. The molecule has 0 saturated carbocycles. The van der Waals surface area contributed by atoms with Crippen molar-refractivity contribution in [3.05, 3.63) is 0 Å². The number of carbonyl (C=O) groups is 2. The predicted molar refractivity (Wildman–Crippen MR) is 63.8 cm³/mol. The van der Waals surface area contributed by atoms with Crippen LogP contribution in [0.1, 0.15) is 34.1 Å². The van der Waals surface area contributed by atoms with Crippen molar-refractivity contribution < 1.29 is 9.59 Å². The van der Waals surface area contributed by atoms with Gasteiger partial charge in [0, 0.05) is 6.54 Å². The van der Waals surface area contributed by atoms with E-state index in [1.165, 1.54) is 0 Å². The van der Waals surface area contributed by atoms with E-state index < -0.39 is 12.1 Å². The molecule has 0 saturated heterocycles. The molecule has 16 heavy (non-hydrogen) atoms. The van der Waals surface area contributed by atoms with Gasteiger partial charge in [0.2, 0.25) is 5.91 Å². The molecule has 0 unspecified atom stereocenters. The fourth-order valence-electron chi connectivity index (χ4n) is 1.27. The average Bonchev–Trinajstić information content (AvgIpc) is 2.21. The Hall–Kier alpha value is -1.26. The Labute approximate surface area is 97.2 Å². The van der Waals surface area contributed by atoms with Crippen LogP contribution in [0.5, 0.6) is 0 Å². The van der Waals surface area contributed by atoms with E-state index in [-0.39, 0.29) is 11.8 Å². The molecule has 2 atom stereocenters. The Morgan fingerprint density at radius 1 is 1.25 bits per heavy atom. The molecule has 4 N–H and O–H groups in total. The van der Waals surface area contributed by atoms with Crippen LogP contribution in [0.2, 0.25) is 0 Å². The second-order valence-corrected chi connectivity index (χ2v) is 4.51. The van der Waals surface area contributed by atoms with Crippen molar-refractivity contribution in [2.45, 2.75) is 40.2 Å². The minimum atomic E-state index is -0.662. The van der Waals surface area contributed by atoms with Crippen LogP contribution < -0.4 is 16.4 Å². The second-order valence-electron chi connectivity index (χ2n) is 4.51. The standard InChI is InChI=1S/C11H23N3O2/c1-5-8(4)9(14-11(12)16)10(15)13-6-7(2)3/h7-9H,5-6H2,1-4H3,(H,13,15)(H3,12,14,16)/t8-,9+/m0/s1. The summed E-state index contributed by atoms with van der Waals surface area (Å²) in [4.78, 5) is 22.6. The van der Waals surface area contributed by atoms with Crippen LogP contribution in [0.4, 0.5) is 4.79 Å². The summed E-state index contributed by atoms with van der Waals surface area (Å²) in [6.07, 6.45) is 0.806. The van der Waals surface area contributed by atoms with Gasteiger partial charge >= 0.3 is 6.03 Å². The van der Waals surface area contributed by atoms with E-state index in [2.05, 4.69) is 10.6 Å². The highest BCUT2D eigenvalue weighted by Gasteiger charge is 2.24. The zero-order valence-corrected chi connectivity index (χ0v) is 10.5. The maximum absolute atomic E-state index is 11.8. The fourth-order valence-corrected chi connectivity index (χ4v) is 1.27. The second kappa shape index (κ2) is 7.09. The van der Waals surface area contributed by atoms with Crippen molar-refractivity contribution in [2.24, 2.45) is 17.6 Å². The van der Waals surface area contributed by atoms with Gasteiger partial charge < -0.3 is 16.4 Å². The first-order chi connectivity index (χ1) is 7.38. The third kappa shape index (κ3) is 5.58. The molecular weight excluding hydrogens is 206 g/mol. The van der Waals surface area contributed by atoms with Gasteiger partial charge in [-0.05, 0) is 11.8 Å². The number of nitrogens with one attached hydrogen (secondary N) is 2. The van der Waals surface area contributed by atoms with Gasteiger partial charge in [0.1, 0.15) is 6.04 Å². The molecule has 0 aromatic heterocycles. The molecule has 0 aliphatic heterocycles. The van der Waals surface area contributed by atoms with Gasteiger partial charge in [-0.3, -0.25) is 4.79 Å². The van der Waals surface area contributed by atoms with E-state index in [1.807, 2.05) is 27.7 Å². The normalized spacial score (nSPS) is 14.3. The predicted octanol–water partition coefficient (Wildman–Crippen LogP) is 0.842. The van der Waals surface area contributed by atoms with Crippen molar-refractivity contribution in [3.8, 4) is 0 Å². The monoisotopic (exact) mass is 229 g/mol. The fraction of sp³-hybridized carbons (Fsp3) is 0.818. The van der Waals surface area contributed by atoms with Gasteiger partial charge in [-0.15, -0.1) is 0 Å². The van der Waals surface area contributed by atoms with E-state index >= 15 is 0 Å². The summed E-state index contributed by atoms with van der Waals surface area (Å²) in [5, 5.41) is 5.27. The summed E-state index contributed by atoms with van der Waals surface area (Å²) in [5.74, 6) is 0.289. The third-order valence-electron chi connectivity index (χ3n) is 2.48. The van der Waals surface area contributed by atoms with Gasteiger partial charge in [0.15, 0.2) is 0 Å². The van der Waals surface area contributed by atoms with Crippen LogP contribution in [-0.4, -0.2) is 24.5 Å². The van der Waals surface area contributed by atoms with Crippen molar-refractivity contribution >= 4 is 11.9 Å². The Morgan fingerprint density at radius 2 is 1.81 bits per heavy atom. The largest absolute Gasteiger partial charge is 0.354 e. The van der Waals surface area contributed by atoms with Gasteiger partial charge in [0.05, 0.1) is 0 Å². The number of rotatable bonds is 6. The Balaban J connectivity index is 4.37. The van der Waals surface area contributed by atoms with Crippen LogP contribution in [0.3, 0.4) is 0 Å². The highest BCUT2D eigenvalue weighted by Crippen LogP contribution is 2.07. The number of primary amides is 1. The zero-order valence-electron chi connectivity index (χ0n) is 10.5. The van der Waals surface area contributed by atoms with Crippen LogP contribution in [0, 0.1) is 11.8 Å². The molecule has 0 fully saturated rings. The third-order valence-corrected chi connectivity index (χ3v) is 2.48. The molecule has 3 amide bonds. The summed E-state index contributed by atoms with van der Waals surface area (Å²) in [7, 11) is 0. The number of amides is 3. The first-order valence-corrected chi connectivity index (χ1v) is 5.72. The molecule has 0 aliphatic carbocycles. The number of nitrogens with two attached hydrogens (primary N) is 1.